The predicted octanol–water partition coefficient (Wildman–Crippen LogP) is 4.25. The zero-order valence-electron chi connectivity index (χ0n) is 17.4. The standard InChI is InChI=1S/C24H25NO5/c1-16-14-21(17(2)25(16)13-7-12-23(27)29-3)22(26)15-30-24(28)20-11-6-9-18-8-4-5-10-19(18)20/h4-6,8-11,14H,7,12-13,15H2,1-3H3. The van der Waals surface area contributed by atoms with Crippen LogP contribution < -0.4 is 0 Å². The van der Waals surface area contributed by atoms with Gasteiger partial charge in [-0.15, -0.1) is 0 Å². The average molecular weight is 407 g/mol. The summed E-state index contributed by atoms with van der Waals surface area (Å²) in [6.07, 6.45) is 0.937. The van der Waals surface area contributed by atoms with Crippen molar-refractivity contribution in [2.24, 2.45) is 0 Å². The third-order valence-corrected chi connectivity index (χ3v) is 5.21. The molecule has 0 atom stereocenters. The van der Waals surface area contributed by atoms with E-state index in [1.807, 2.05) is 48.7 Å². The number of methoxy groups -OCH3 is 1. The van der Waals surface area contributed by atoms with E-state index in [9.17, 15) is 14.4 Å². The monoisotopic (exact) mass is 407 g/mol. The molecule has 1 aromatic heterocycles. The maximum atomic E-state index is 12.7. The maximum absolute atomic E-state index is 12.7. The molecule has 0 radical (unpaired) electrons. The Labute approximate surface area is 175 Å². The Hall–Kier alpha value is -3.41. The highest BCUT2D eigenvalue weighted by Gasteiger charge is 2.19. The van der Waals surface area contributed by atoms with E-state index in [0.717, 1.165) is 22.2 Å². The quantitative estimate of drug-likeness (QED) is 0.412. The van der Waals surface area contributed by atoms with Crippen LogP contribution in [0.4, 0.5) is 0 Å². The first kappa shape index (κ1) is 21.3. The number of ether oxygens (including phenoxy) is 2. The van der Waals surface area contributed by atoms with Crippen LogP contribution in [0.2, 0.25) is 0 Å². The van der Waals surface area contributed by atoms with Crippen LogP contribution in [-0.4, -0.2) is 36.0 Å². The first-order valence-corrected chi connectivity index (χ1v) is 9.84. The SMILES string of the molecule is COC(=O)CCCn1c(C)cc(C(=O)COC(=O)c2cccc3ccccc23)c1C. The summed E-state index contributed by atoms with van der Waals surface area (Å²) in [7, 11) is 1.37. The van der Waals surface area contributed by atoms with Gasteiger partial charge in [0, 0.05) is 29.9 Å². The van der Waals surface area contributed by atoms with Crippen molar-refractivity contribution in [2.75, 3.05) is 13.7 Å². The first-order chi connectivity index (χ1) is 14.4. The van der Waals surface area contributed by atoms with Gasteiger partial charge in [0.15, 0.2) is 6.61 Å². The lowest BCUT2D eigenvalue weighted by atomic mass is 10.0. The molecule has 0 aliphatic rings. The van der Waals surface area contributed by atoms with E-state index in [1.54, 1.807) is 18.2 Å². The third kappa shape index (κ3) is 4.59. The molecule has 3 aromatic rings. The fraction of sp³-hybridized carbons (Fsp3) is 0.292. The largest absolute Gasteiger partial charge is 0.469 e. The number of aryl methyl sites for hydroxylation is 1. The van der Waals surface area contributed by atoms with E-state index >= 15 is 0 Å². The molecule has 6 heteroatoms. The van der Waals surface area contributed by atoms with E-state index in [0.29, 0.717) is 30.5 Å². The molecule has 1 heterocycles. The predicted molar refractivity (Wildman–Crippen MR) is 114 cm³/mol. The average Bonchev–Trinajstić information content (AvgIpc) is 3.05. The van der Waals surface area contributed by atoms with Crippen molar-refractivity contribution in [3.8, 4) is 0 Å². The van der Waals surface area contributed by atoms with Gasteiger partial charge in [-0.1, -0.05) is 36.4 Å². The first-order valence-electron chi connectivity index (χ1n) is 9.84. The molecular weight excluding hydrogens is 382 g/mol. The Morgan fingerprint density at radius 3 is 2.47 bits per heavy atom. The van der Waals surface area contributed by atoms with E-state index in [4.69, 9.17) is 4.74 Å². The van der Waals surface area contributed by atoms with Crippen molar-refractivity contribution in [3.63, 3.8) is 0 Å². The Bertz CT molecular complexity index is 1090. The third-order valence-electron chi connectivity index (χ3n) is 5.21. The van der Waals surface area contributed by atoms with E-state index < -0.39 is 5.97 Å². The zero-order chi connectivity index (χ0) is 21.7. The number of benzene rings is 2. The minimum Gasteiger partial charge on any atom is -0.469 e. The van der Waals surface area contributed by atoms with Gasteiger partial charge < -0.3 is 14.0 Å². The van der Waals surface area contributed by atoms with Gasteiger partial charge >= 0.3 is 11.9 Å². The van der Waals surface area contributed by atoms with Crippen LogP contribution in [0.1, 0.15) is 44.9 Å². The molecule has 0 bridgehead atoms. The lowest BCUT2D eigenvalue weighted by Crippen LogP contribution is -2.15. The fourth-order valence-corrected chi connectivity index (χ4v) is 3.60. The van der Waals surface area contributed by atoms with Crippen molar-refractivity contribution in [1.29, 1.82) is 0 Å². The molecule has 30 heavy (non-hydrogen) atoms. The molecule has 6 nitrogen and oxygen atoms in total. The second-order valence-corrected chi connectivity index (χ2v) is 7.14. The van der Waals surface area contributed by atoms with Crippen LogP contribution in [-0.2, 0) is 20.8 Å². The normalized spacial score (nSPS) is 10.8. The molecule has 0 spiro atoms. The molecule has 0 unspecified atom stereocenters. The number of carbonyl (C=O) groups is 3. The van der Waals surface area contributed by atoms with E-state index in [-0.39, 0.29) is 18.4 Å². The van der Waals surface area contributed by atoms with Crippen molar-refractivity contribution < 1.29 is 23.9 Å². The van der Waals surface area contributed by atoms with Crippen LogP contribution in [0.25, 0.3) is 10.8 Å². The number of nitrogens with zero attached hydrogens (tertiary/aromatic N) is 1. The summed E-state index contributed by atoms with van der Waals surface area (Å²) in [6.45, 7) is 4.04. The van der Waals surface area contributed by atoms with Gasteiger partial charge in [-0.3, -0.25) is 9.59 Å². The number of fused-ring (bicyclic) bond motifs is 1. The summed E-state index contributed by atoms with van der Waals surface area (Å²) in [5.74, 6) is -1.03. The highest BCUT2D eigenvalue weighted by molar-refractivity contribution is 6.06. The maximum Gasteiger partial charge on any atom is 0.339 e. The Kier molecular flexibility index (Phi) is 6.67. The molecule has 0 amide bonds. The van der Waals surface area contributed by atoms with Crippen LogP contribution in [0.3, 0.4) is 0 Å². The van der Waals surface area contributed by atoms with Crippen molar-refractivity contribution in [1.82, 2.24) is 4.57 Å². The van der Waals surface area contributed by atoms with Gasteiger partial charge in [-0.2, -0.15) is 0 Å². The van der Waals surface area contributed by atoms with E-state index in [2.05, 4.69) is 4.74 Å². The van der Waals surface area contributed by atoms with Gasteiger partial charge in [-0.25, -0.2) is 4.79 Å². The molecule has 0 aliphatic heterocycles. The lowest BCUT2D eigenvalue weighted by molar-refractivity contribution is -0.140. The molecule has 2 aromatic carbocycles. The van der Waals surface area contributed by atoms with Crippen molar-refractivity contribution in [3.05, 3.63) is 71.0 Å². The smallest absolute Gasteiger partial charge is 0.339 e. The molecule has 0 saturated carbocycles. The van der Waals surface area contributed by atoms with Crippen LogP contribution >= 0.6 is 0 Å². The van der Waals surface area contributed by atoms with Crippen LogP contribution in [0, 0.1) is 13.8 Å². The highest BCUT2D eigenvalue weighted by Crippen LogP contribution is 2.20. The minimum atomic E-state index is -0.521. The fourth-order valence-electron chi connectivity index (χ4n) is 3.60. The molecular formula is C24H25NO5. The summed E-state index contributed by atoms with van der Waals surface area (Å²) in [5.41, 5.74) is 2.68. The molecule has 3 rings (SSSR count). The van der Waals surface area contributed by atoms with Gasteiger partial charge in [-0.05, 0) is 43.2 Å². The lowest BCUT2D eigenvalue weighted by Gasteiger charge is -2.10. The van der Waals surface area contributed by atoms with E-state index in [1.165, 1.54) is 7.11 Å². The van der Waals surface area contributed by atoms with Gasteiger partial charge in [0.05, 0.1) is 12.7 Å². The number of esters is 2. The summed E-state index contributed by atoms with van der Waals surface area (Å²) < 4.78 is 12.0. The highest BCUT2D eigenvalue weighted by atomic mass is 16.5. The van der Waals surface area contributed by atoms with Gasteiger partial charge in [0.2, 0.25) is 5.78 Å². The Morgan fingerprint density at radius 1 is 0.967 bits per heavy atom. The summed E-state index contributed by atoms with van der Waals surface area (Å²) >= 11 is 0. The van der Waals surface area contributed by atoms with Gasteiger partial charge in [0.25, 0.3) is 0 Å². The number of hydrogen-bond acceptors (Lipinski definition) is 5. The molecule has 0 aliphatic carbocycles. The van der Waals surface area contributed by atoms with Crippen molar-refractivity contribution >= 4 is 28.5 Å². The summed E-state index contributed by atoms with van der Waals surface area (Å²) in [5, 5.41) is 1.73. The second kappa shape index (κ2) is 9.39. The Morgan fingerprint density at radius 2 is 1.70 bits per heavy atom. The molecule has 0 N–H and O–H groups in total. The number of hydrogen-bond donors (Lipinski definition) is 0. The molecule has 0 fully saturated rings. The van der Waals surface area contributed by atoms with Crippen LogP contribution in [0.5, 0.6) is 0 Å². The Balaban J connectivity index is 1.67. The zero-order valence-corrected chi connectivity index (χ0v) is 17.4. The number of Topliss-reactive ketones (excluding diaryl/α,β-unsaturated/α-hetero) is 1. The van der Waals surface area contributed by atoms with Gasteiger partial charge in [0.1, 0.15) is 0 Å². The summed E-state index contributed by atoms with van der Waals surface area (Å²) in [6, 6.07) is 14.8. The topological polar surface area (TPSA) is 74.6 Å². The van der Waals surface area contributed by atoms with Crippen LogP contribution in [0.15, 0.2) is 48.5 Å². The minimum absolute atomic E-state index is 0.254. The molecule has 0 saturated heterocycles. The molecule has 156 valence electrons. The number of rotatable bonds is 8. The summed E-state index contributed by atoms with van der Waals surface area (Å²) in [4.78, 5) is 36.6. The van der Waals surface area contributed by atoms with Crippen molar-refractivity contribution in [2.45, 2.75) is 33.2 Å². The number of ketones is 1. The number of carbonyl (C=O) groups excluding carboxylic acids is 3. The number of aromatic nitrogens is 1. The second-order valence-electron chi connectivity index (χ2n) is 7.14.